The molecule has 0 atom stereocenters. The molecule has 0 aliphatic carbocycles. The molecule has 0 saturated heterocycles. The Labute approximate surface area is 81.7 Å². The second-order valence-corrected chi connectivity index (χ2v) is 2.51. The summed E-state index contributed by atoms with van der Waals surface area (Å²) in [5.41, 5.74) is 4.33. The van der Waals surface area contributed by atoms with E-state index in [-0.39, 0.29) is 0 Å². The highest BCUT2D eigenvalue weighted by atomic mass is 19.4. The van der Waals surface area contributed by atoms with Crippen LogP contribution in [0.4, 0.5) is 13.2 Å². The summed E-state index contributed by atoms with van der Waals surface area (Å²) in [6, 6.07) is 5.64. The Morgan fingerprint density at radius 1 is 1.14 bits per heavy atom. The molecule has 0 saturated carbocycles. The van der Waals surface area contributed by atoms with Crippen molar-refractivity contribution < 1.29 is 13.2 Å². The van der Waals surface area contributed by atoms with Gasteiger partial charge < -0.3 is 5.73 Å². The topological polar surface area (TPSA) is 26.0 Å². The van der Waals surface area contributed by atoms with E-state index in [4.69, 9.17) is 0 Å². The first-order chi connectivity index (χ1) is 6.55. The van der Waals surface area contributed by atoms with Crippen LogP contribution in [0.25, 0.3) is 0 Å². The van der Waals surface area contributed by atoms with Gasteiger partial charge in [-0.1, -0.05) is 25.1 Å². The lowest BCUT2D eigenvalue weighted by atomic mass is 10.1. The summed E-state index contributed by atoms with van der Waals surface area (Å²) in [4.78, 5) is 0. The summed E-state index contributed by atoms with van der Waals surface area (Å²) in [5.74, 6) is 0. The molecule has 1 rings (SSSR count). The molecule has 0 unspecified atom stereocenters. The van der Waals surface area contributed by atoms with Crippen molar-refractivity contribution >= 4 is 0 Å². The average Bonchev–Trinajstić information content (AvgIpc) is 2.19. The van der Waals surface area contributed by atoms with E-state index in [2.05, 4.69) is 5.73 Å². The Morgan fingerprint density at radius 3 is 2.00 bits per heavy atom. The van der Waals surface area contributed by atoms with E-state index >= 15 is 0 Å². The standard InChI is InChI=1S/C9H9F3.CH5N/c1-2-7-5-3-4-6-8(7)9(10,11)12;1-2/h3-6H,2H2,1H3;2H2,1H3. The van der Waals surface area contributed by atoms with Gasteiger partial charge in [-0.25, -0.2) is 0 Å². The van der Waals surface area contributed by atoms with Gasteiger partial charge in [-0.15, -0.1) is 0 Å². The second kappa shape index (κ2) is 5.65. The first-order valence-electron chi connectivity index (χ1n) is 4.28. The van der Waals surface area contributed by atoms with Crippen LogP contribution in [-0.2, 0) is 12.6 Å². The van der Waals surface area contributed by atoms with E-state index in [0.717, 1.165) is 6.07 Å². The fourth-order valence-electron chi connectivity index (χ4n) is 1.11. The van der Waals surface area contributed by atoms with Crippen molar-refractivity contribution in [3.63, 3.8) is 0 Å². The number of aryl methyl sites for hydroxylation is 1. The van der Waals surface area contributed by atoms with E-state index in [0.29, 0.717) is 12.0 Å². The molecule has 80 valence electrons. The van der Waals surface area contributed by atoms with Crippen molar-refractivity contribution in [3.8, 4) is 0 Å². The SMILES string of the molecule is CCc1ccccc1C(F)(F)F.CN. The molecule has 0 aliphatic rings. The molecule has 0 bridgehead atoms. The zero-order valence-electron chi connectivity index (χ0n) is 8.23. The zero-order valence-corrected chi connectivity index (χ0v) is 8.23. The minimum absolute atomic E-state index is 0.352. The molecule has 0 heterocycles. The molecule has 14 heavy (non-hydrogen) atoms. The van der Waals surface area contributed by atoms with Gasteiger partial charge in [0, 0.05) is 0 Å². The third kappa shape index (κ3) is 3.38. The maximum Gasteiger partial charge on any atom is 0.416 e. The highest BCUT2D eigenvalue weighted by molar-refractivity contribution is 5.29. The van der Waals surface area contributed by atoms with Gasteiger partial charge in [0.15, 0.2) is 0 Å². The molecule has 0 fully saturated rings. The Hall–Kier alpha value is -1.03. The summed E-state index contributed by atoms with van der Waals surface area (Å²) in [6.07, 6.45) is -3.80. The lowest BCUT2D eigenvalue weighted by Crippen LogP contribution is -2.08. The number of rotatable bonds is 1. The molecule has 1 aromatic carbocycles. The fraction of sp³-hybridized carbons (Fsp3) is 0.400. The second-order valence-electron chi connectivity index (χ2n) is 2.51. The number of halogens is 3. The molecule has 0 amide bonds. The van der Waals surface area contributed by atoms with Crippen LogP contribution in [0.15, 0.2) is 24.3 Å². The molecule has 2 N–H and O–H groups in total. The summed E-state index contributed by atoms with van der Waals surface area (Å²) < 4.78 is 36.7. The lowest BCUT2D eigenvalue weighted by Gasteiger charge is -2.10. The largest absolute Gasteiger partial charge is 0.416 e. The maximum atomic E-state index is 12.2. The fourth-order valence-corrected chi connectivity index (χ4v) is 1.11. The predicted octanol–water partition coefficient (Wildman–Crippen LogP) is 2.84. The van der Waals surface area contributed by atoms with Crippen molar-refractivity contribution in [1.29, 1.82) is 0 Å². The third-order valence-electron chi connectivity index (χ3n) is 1.70. The molecular formula is C10H14F3N. The van der Waals surface area contributed by atoms with Gasteiger partial charge >= 0.3 is 6.18 Å². The molecule has 4 heteroatoms. The van der Waals surface area contributed by atoms with Crippen molar-refractivity contribution in [2.75, 3.05) is 7.05 Å². The van der Waals surface area contributed by atoms with E-state index in [1.165, 1.54) is 19.2 Å². The summed E-state index contributed by atoms with van der Waals surface area (Å²) >= 11 is 0. The van der Waals surface area contributed by atoms with Crippen molar-refractivity contribution in [1.82, 2.24) is 0 Å². The van der Waals surface area contributed by atoms with Crippen LogP contribution in [0.5, 0.6) is 0 Å². The summed E-state index contributed by atoms with van der Waals surface area (Å²) in [7, 11) is 1.50. The minimum Gasteiger partial charge on any atom is -0.333 e. The summed E-state index contributed by atoms with van der Waals surface area (Å²) in [6.45, 7) is 1.71. The molecule has 0 aromatic heterocycles. The van der Waals surface area contributed by atoms with Gasteiger partial charge in [0.2, 0.25) is 0 Å². The Morgan fingerprint density at radius 2 is 1.64 bits per heavy atom. The zero-order chi connectivity index (χ0) is 11.2. The van der Waals surface area contributed by atoms with Crippen LogP contribution in [0.2, 0.25) is 0 Å². The van der Waals surface area contributed by atoms with E-state index in [1.807, 2.05) is 0 Å². The molecule has 0 aliphatic heterocycles. The average molecular weight is 205 g/mol. The van der Waals surface area contributed by atoms with E-state index in [9.17, 15) is 13.2 Å². The monoisotopic (exact) mass is 205 g/mol. The number of alkyl halides is 3. The Balaban J connectivity index is 0.000000791. The summed E-state index contributed by atoms with van der Waals surface area (Å²) in [5, 5.41) is 0. The molecular weight excluding hydrogens is 191 g/mol. The van der Waals surface area contributed by atoms with Gasteiger partial charge in [0.1, 0.15) is 0 Å². The molecule has 0 radical (unpaired) electrons. The van der Waals surface area contributed by atoms with Gasteiger partial charge in [-0.05, 0) is 25.1 Å². The van der Waals surface area contributed by atoms with Crippen molar-refractivity contribution in [2.24, 2.45) is 5.73 Å². The first kappa shape index (κ1) is 13.0. The highest BCUT2D eigenvalue weighted by Gasteiger charge is 2.32. The lowest BCUT2D eigenvalue weighted by molar-refractivity contribution is -0.138. The smallest absolute Gasteiger partial charge is 0.333 e. The van der Waals surface area contributed by atoms with Crippen LogP contribution in [0.3, 0.4) is 0 Å². The number of hydrogen-bond acceptors (Lipinski definition) is 1. The quantitative estimate of drug-likeness (QED) is 0.749. The van der Waals surface area contributed by atoms with Crippen LogP contribution in [0, 0.1) is 0 Å². The van der Waals surface area contributed by atoms with Crippen LogP contribution in [0.1, 0.15) is 18.1 Å². The van der Waals surface area contributed by atoms with Gasteiger partial charge in [-0.2, -0.15) is 13.2 Å². The van der Waals surface area contributed by atoms with Crippen LogP contribution >= 0.6 is 0 Å². The number of nitrogens with two attached hydrogens (primary N) is 1. The van der Waals surface area contributed by atoms with Crippen LogP contribution < -0.4 is 5.73 Å². The van der Waals surface area contributed by atoms with Crippen molar-refractivity contribution in [2.45, 2.75) is 19.5 Å². The predicted molar refractivity (Wildman–Crippen MR) is 50.9 cm³/mol. The van der Waals surface area contributed by atoms with Gasteiger partial charge in [0.25, 0.3) is 0 Å². The maximum absolute atomic E-state index is 12.2. The third-order valence-corrected chi connectivity index (χ3v) is 1.70. The molecule has 1 nitrogen and oxygen atoms in total. The normalized spacial score (nSPS) is 10.4. The van der Waals surface area contributed by atoms with E-state index < -0.39 is 11.7 Å². The highest BCUT2D eigenvalue weighted by Crippen LogP contribution is 2.31. The molecule has 1 aromatic rings. The van der Waals surface area contributed by atoms with Crippen LogP contribution in [-0.4, -0.2) is 7.05 Å². The molecule has 0 spiro atoms. The van der Waals surface area contributed by atoms with Crippen molar-refractivity contribution in [3.05, 3.63) is 35.4 Å². The number of hydrogen-bond donors (Lipinski definition) is 1. The van der Waals surface area contributed by atoms with E-state index in [1.54, 1.807) is 13.0 Å². The Bertz CT molecular complexity index is 268. The number of benzene rings is 1. The van der Waals surface area contributed by atoms with Gasteiger partial charge in [0.05, 0.1) is 5.56 Å². The minimum atomic E-state index is -4.22. The Kier molecular flexibility index (Phi) is 5.23. The van der Waals surface area contributed by atoms with Gasteiger partial charge in [-0.3, -0.25) is 0 Å². The first-order valence-corrected chi connectivity index (χ1v) is 4.28.